The Morgan fingerprint density at radius 1 is 0.861 bits per heavy atom. The number of sulfonamides is 1. The van der Waals surface area contributed by atoms with Gasteiger partial charge in [0.2, 0.25) is 10.0 Å². The lowest BCUT2D eigenvalue weighted by molar-refractivity contribution is -0.139. The van der Waals surface area contributed by atoms with Crippen molar-refractivity contribution in [3.63, 3.8) is 0 Å². The van der Waals surface area contributed by atoms with Gasteiger partial charge in [-0.2, -0.15) is 4.31 Å². The first kappa shape index (κ1) is 26.4. The minimum absolute atomic E-state index is 0.0104. The maximum Gasteiger partial charge on any atom is 0.341 e. The Bertz CT molecular complexity index is 1340. The molecule has 0 aliphatic carbocycles. The number of nitrogen functional groups attached to an aromatic ring is 1. The van der Waals surface area contributed by atoms with Crippen LogP contribution in [0.25, 0.3) is 0 Å². The van der Waals surface area contributed by atoms with Gasteiger partial charge in [-0.25, -0.2) is 18.0 Å². The van der Waals surface area contributed by atoms with Crippen LogP contribution >= 0.6 is 0 Å². The quantitative estimate of drug-likeness (QED) is 0.212. The lowest BCUT2D eigenvalue weighted by atomic mass is 10.1. The predicted octanol–water partition coefficient (Wildman–Crippen LogP) is 2.57. The molecule has 0 saturated carbocycles. The Morgan fingerprint density at radius 3 is 1.94 bits per heavy atom. The van der Waals surface area contributed by atoms with Crippen molar-refractivity contribution in [1.82, 2.24) is 4.31 Å². The molecule has 10 nitrogen and oxygen atoms in total. The molecule has 0 saturated heterocycles. The molecule has 188 valence electrons. The Kier molecular flexibility index (Phi) is 8.41. The molecule has 3 aromatic rings. The number of rotatable bonds is 12. The van der Waals surface area contributed by atoms with E-state index in [4.69, 9.17) is 26.1 Å². The van der Waals surface area contributed by atoms with Gasteiger partial charge < -0.3 is 20.7 Å². The lowest BCUT2D eigenvalue weighted by Crippen LogP contribution is -2.32. The molecule has 0 fully saturated rings. The summed E-state index contributed by atoms with van der Waals surface area (Å²) < 4.78 is 33.4. The highest BCUT2D eigenvalue weighted by Gasteiger charge is 2.25. The summed E-state index contributed by atoms with van der Waals surface area (Å²) >= 11 is 0. The summed E-state index contributed by atoms with van der Waals surface area (Å²) in [4.78, 5) is 21.8. The molecular weight excluding hydrogens is 486 g/mol. The third-order valence-corrected chi connectivity index (χ3v) is 7.16. The van der Waals surface area contributed by atoms with E-state index in [1.54, 1.807) is 36.4 Å². The van der Waals surface area contributed by atoms with Crippen molar-refractivity contribution >= 4 is 27.8 Å². The van der Waals surface area contributed by atoms with E-state index in [9.17, 15) is 18.0 Å². The number of carbonyl (C=O) groups is 2. The zero-order valence-electron chi connectivity index (χ0n) is 19.1. The second-order valence-electron chi connectivity index (χ2n) is 7.86. The van der Waals surface area contributed by atoms with E-state index in [1.165, 1.54) is 40.7 Å². The van der Waals surface area contributed by atoms with E-state index >= 15 is 0 Å². The number of nitrogens with two attached hydrogens (primary N) is 1. The summed E-state index contributed by atoms with van der Waals surface area (Å²) in [5.74, 6) is -1.96. The van der Waals surface area contributed by atoms with Crippen molar-refractivity contribution in [3.05, 3.63) is 95.1 Å². The van der Waals surface area contributed by atoms with Crippen LogP contribution in [0, 0.1) is 5.41 Å². The van der Waals surface area contributed by atoms with Gasteiger partial charge in [0.1, 0.15) is 11.6 Å². The van der Waals surface area contributed by atoms with Gasteiger partial charge in [0.15, 0.2) is 6.61 Å². The second kappa shape index (κ2) is 11.5. The maximum atomic E-state index is 13.5. The molecular formula is C25H25N3O7S. The van der Waals surface area contributed by atoms with Crippen LogP contribution in [-0.2, 0) is 27.8 Å². The number of benzene rings is 3. The minimum atomic E-state index is -3.95. The molecule has 0 amide bonds. The van der Waals surface area contributed by atoms with Crippen molar-refractivity contribution < 1.29 is 33.0 Å². The molecule has 36 heavy (non-hydrogen) atoms. The van der Waals surface area contributed by atoms with Gasteiger partial charge in [-0.3, -0.25) is 5.41 Å². The number of ether oxygens (including phenoxy) is 1. The number of carboxylic acids is 2. The normalized spacial score (nSPS) is 11.2. The van der Waals surface area contributed by atoms with E-state index in [2.05, 4.69) is 0 Å². The zero-order chi connectivity index (χ0) is 26.3. The number of carboxylic acid groups (broad SMARTS) is 2. The van der Waals surface area contributed by atoms with E-state index in [0.717, 1.165) is 5.56 Å². The summed E-state index contributed by atoms with van der Waals surface area (Å²) in [6.45, 7) is -0.336. The Hall–Kier alpha value is -4.22. The molecule has 0 bridgehead atoms. The molecule has 0 aromatic heterocycles. The Morgan fingerprint density at radius 2 is 1.42 bits per heavy atom. The van der Waals surface area contributed by atoms with Gasteiger partial charge >= 0.3 is 11.9 Å². The maximum absolute atomic E-state index is 13.5. The van der Waals surface area contributed by atoms with Crippen molar-refractivity contribution in [2.24, 2.45) is 5.73 Å². The summed E-state index contributed by atoms with van der Waals surface area (Å²) in [6.07, 6.45) is 0.358. The average molecular weight is 512 g/mol. The average Bonchev–Trinajstić information content (AvgIpc) is 2.86. The van der Waals surface area contributed by atoms with Crippen LogP contribution < -0.4 is 10.5 Å². The fourth-order valence-corrected chi connectivity index (χ4v) is 4.78. The Labute approximate surface area is 208 Å². The minimum Gasteiger partial charge on any atom is -0.482 e. The van der Waals surface area contributed by atoms with Gasteiger partial charge in [-0.15, -0.1) is 0 Å². The van der Waals surface area contributed by atoms with Gasteiger partial charge in [-0.05, 0) is 66.1 Å². The first-order valence-electron chi connectivity index (χ1n) is 10.8. The van der Waals surface area contributed by atoms with E-state index in [-0.39, 0.29) is 29.4 Å². The number of amidine groups is 1. The van der Waals surface area contributed by atoms with Crippen LogP contribution in [0.4, 0.5) is 0 Å². The van der Waals surface area contributed by atoms with Crippen LogP contribution in [0.3, 0.4) is 0 Å². The van der Waals surface area contributed by atoms with Crippen molar-refractivity contribution in [2.75, 3.05) is 13.2 Å². The number of aromatic carboxylic acids is 1. The molecule has 0 radical (unpaired) electrons. The number of hydrogen-bond donors (Lipinski definition) is 4. The van der Waals surface area contributed by atoms with Gasteiger partial charge in [0, 0.05) is 18.7 Å². The van der Waals surface area contributed by atoms with Gasteiger partial charge in [0.25, 0.3) is 0 Å². The number of nitrogens with one attached hydrogen (secondary N) is 1. The largest absolute Gasteiger partial charge is 0.482 e. The first-order valence-corrected chi connectivity index (χ1v) is 12.2. The van der Waals surface area contributed by atoms with Crippen LogP contribution in [0.2, 0.25) is 0 Å². The zero-order valence-corrected chi connectivity index (χ0v) is 19.9. The van der Waals surface area contributed by atoms with Crippen LogP contribution in [0.15, 0.2) is 77.7 Å². The monoisotopic (exact) mass is 511 g/mol. The molecule has 0 heterocycles. The highest BCUT2D eigenvalue weighted by molar-refractivity contribution is 7.89. The molecule has 0 aliphatic rings. The molecule has 0 atom stereocenters. The number of aliphatic carboxylic acids is 1. The third-order valence-electron chi connectivity index (χ3n) is 5.30. The molecule has 5 N–H and O–H groups in total. The standard InChI is InChI=1S/C25H25N3O7S/c26-24(27)19-7-11-22(12-8-19)36(33,34)28(15-18-1-5-20(6-2-18)25(31)32)14-13-17-3-9-21(10-4-17)35-16-23(29)30/h1-12H,13-16H2,(H3,26,27)(H,29,30)(H,31,32). The predicted molar refractivity (Wildman–Crippen MR) is 132 cm³/mol. The molecule has 11 heteroatoms. The van der Waals surface area contributed by atoms with Crippen LogP contribution in [0.1, 0.15) is 27.0 Å². The smallest absolute Gasteiger partial charge is 0.341 e. The SMILES string of the molecule is N=C(N)c1ccc(S(=O)(=O)N(CCc2ccc(OCC(=O)O)cc2)Cc2ccc(C(=O)O)cc2)cc1. The van der Waals surface area contributed by atoms with E-state index in [1.807, 2.05) is 0 Å². The highest BCUT2D eigenvalue weighted by atomic mass is 32.2. The summed E-state index contributed by atoms with van der Waals surface area (Å²) in [5, 5.41) is 25.3. The lowest BCUT2D eigenvalue weighted by Gasteiger charge is -2.23. The fourth-order valence-electron chi connectivity index (χ4n) is 3.35. The van der Waals surface area contributed by atoms with Crippen LogP contribution in [-0.4, -0.2) is 53.9 Å². The molecule has 3 rings (SSSR count). The van der Waals surface area contributed by atoms with E-state index in [0.29, 0.717) is 23.3 Å². The van der Waals surface area contributed by atoms with E-state index < -0.39 is 28.6 Å². The van der Waals surface area contributed by atoms with Gasteiger partial charge in [-0.1, -0.05) is 24.3 Å². The summed E-state index contributed by atoms with van der Waals surface area (Å²) in [6, 6.07) is 18.4. The third kappa shape index (κ3) is 6.90. The number of hydrogen-bond acceptors (Lipinski definition) is 6. The van der Waals surface area contributed by atoms with Crippen LogP contribution in [0.5, 0.6) is 5.75 Å². The van der Waals surface area contributed by atoms with Crippen molar-refractivity contribution in [1.29, 1.82) is 5.41 Å². The number of nitrogens with zero attached hydrogens (tertiary/aromatic N) is 1. The topological polar surface area (TPSA) is 171 Å². The van der Waals surface area contributed by atoms with Gasteiger partial charge in [0.05, 0.1) is 10.5 Å². The molecule has 3 aromatic carbocycles. The molecule has 0 spiro atoms. The first-order chi connectivity index (χ1) is 17.1. The van der Waals surface area contributed by atoms with Crippen molar-refractivity contribution in [2.45, 2.75) is 17.9 Å². The second-order valence-corrected chi connectivity index (χ2v) is 9.79. The summed E-state index contributed by atoms with van der Waals surface area (Å²) in [7, 11) is -3.95. The molecule has 0 unspecified atom stereocenters. The Balaban J connectivity index is 1.83. The highest BCUT2D eigenvalue weighted by Crippen LogP contribution is 2.21. The molecule has 0 aliphatic heterocycles. The fraction of sp³-hybridized carbons (Fsp3) is 0.160. The summed E-state index contributed by atoms with van der Waals surface area (Å²) in [5.41, 5.74) is 7.39. The van der Waals surface area contributed by atoms with Crippen molar-refractivity contribution in [3.8, 4) is 5.75 Å².